The van der Waals surface area contributed by atoms with Crippen molar-refractivity contribution in [2.45, 2.75) is 20.1 Å². The van der Waals surface area contributed by atoms with Crippen LogP contribution < -0.4 is 15.0 Å². The molecule has 28 heavy (non-hydrogen) atoms. The van der Waals surface area contributed by atoms with Crippen molar-refractivity contribution in [2.75, 3.05) is 44.7 Å². The molecule has 1 aliphatic heterocycles. The van der Waals surface area contributed by atoms with Crippen LogP contribution >= 0.6 is 0 Å². The molecule has 0 aliphatic carbocycles. The Morgan fingerprint density at radius 1 is 1.04 bits per heavy atom. The van der Waals surface area contributed by atoms with E-state index >= 15 is 0 Å². The Labute approximate surface area is 167 Å². The van der Waals surface area contributed by atoms with Gasteiger partial charge in [-0.3, -0.25) is 0 Å². The number of piperazine rings is 1. The van der Waals surface area contributed by atoms with Crippen LogP contribution in [-0.2, 0) is 13.2 Å². The number of aliphatic hydroxyl groups excluding tert-OH is 1. The van der Waals surface area contributed by atoms with E-state index in [1.54, 1.807) is 7.11 Å². The second-order valence-corrected chi connectivity index (χ2v) is 6.74. The van der Waals surface area contributed by atoms with Gasteiger partial charge in [0, 0.05) is 32.7 Å². The lowest BCUT2D eigenvalue weighted by atomic mass is 10.1. The third-order valence-electron chi connectivity index (χ3n) is 5.03. The maximum atomic E-state index is 9.53. The fourth-order valence-corrected chi connectivity index (χ4v) is 3.50. The Morgan fingerprint density at radius 3 is 2.39 bits per heavy atom. The smallest absolute Gasteiger partial charge is 0.194 e. The average molecular weight is 383 g/mol. The number of benzene rings is 2. The van der Waals surface area contributed by atoms with E-state index in [4.69, 9.17) is 9.73 Å². The number of rotatable bonds is 6. The van der Waals surface area contributed by atoms with Gasteiger partial charge in [-0.2, -0.15) is 0 Å². The summed E-state index contributed by atoms with van der Waals surface area (Å²) in [5, 5.41) is 12.9. The number of anilines is 1. The summed E-state index contributed by atoms with van der Waals surface area (Å²) in [6, 6.07) is 16.1. The molecule has 2 aromatic carbocycles. The number of hydrogen-bond acceptors (Lipinski definition) is 4. The Hall–Kier alpha value is -2.73. The quantitative estimate of drug-likeness (QED) is 0.594. The van der Waals surface area contributed by atoms with Gasteiger partial charge in [0.25, 0.3) is 0 Å². The van der Waals surface area contributed by atoms with Gasteiger partial charge >= 0.3 is 0 Å². The fraction of sp³-hybridized carbons (Fsp3) is 0.409. The minimum Gasteiger partial charge on any atom is -0.495 e. The number of hydrogen-bond donors (Lipinski definition) is 2. The molecule has 3 rings (SSSR count). The molecule has 0 spiro atoms. The lowest BCUT2D eigenvalue weighted by Gasteiger charge is -2.38. The standard InChI is InChI=1S/C22H30N4O2/c1-3-23-22(24-16-18-8-4-5-9-19(18)17-27)26-14-12-25(13-15-26)20-10-6-7-11-21(20)28-2/h4-11,27H,3,12-17H2,1-2H3,(H,23,24). The SMILES string of the molecule is CCNC(=NCc1ccccc1CO)N1CCN(c2ccccc2OC)CC1. The van der Waals surface area contributed by atoms with Gasteiger partial charge in [0.1, 0.15) is 5.75 Å². The fourth-order valence-electron chi connectivity index (χ4n) is 3.50. The molecule has 0 saturated carbocycles. The molecule has 2 aromatic rings. The molecular weight excluding hydrogens is 352 g/mol. The predicted octanol–water partition coefficient (Wildman–Crippen LogP) is 2.48. The molecule has 0 atom stereocenters. The molecule has 0 bridgehead atoms. The van der Waals surface area contributed by atoms with Crippen LogP contribution in [0, 0.1) is 0 Å². The first kappa shape index (κ1) is 20.0. The zero-order chi connectivity index (χ0) is 19.8. The van der Waals surface area contributed by atoms with Crippen molar-refractivity contribution < 1.29 is 9.84 Å². The summed E-state index contributed by atoms with van der Waals surface area (Å²) in [7, 11) is 1.72. The highest BCUT2D eigenvalue weighted by atomic mass is 16.5. The second kappa shape index (κ2) is 9.99. The van der Waals surface area contributed by atoms with Crippen molar-refractivity contribution in [3.05, 3.63) is 59.7 Å². The van der Waals surface area contributed by atoms with Crippen molar-refractivity contribution in [1.82, 2.24) is 10.2 Å². The number of nitrogens with zero attached hydrogens (tertiary/aromatic N) is 3. The van der Waals surface area contributed by atoms with Crippen LogP contribution in [0.3, 0.4) is 0 Å². The first-order valence-electron chi connectivity index (χ1n) is 9.85. The van der Waals surface area contributed by atoms with Crippen LogP contribution in [0.5, 0.6) is 5.75 Å². The largest absolute Gasteiger partial charge is 0.495 e. The number of aliphatic imine (C=N–C) groups is 1. The number of aliphatic hydroxyl groups is 1. The van der Waals surface area contributed by atoms with E-state index in [-0.39, 0.29) is 6.61 Å². The van der Waals surface area contributed by atoms with E-state index in [0.29, 0.717) is 6.54 Å². The maximum absolute atomic E-state index is 9.53. The van der Waals surface area contributed by atoms with E-state index in [2.05, 4.69) is 28.1 Å². The van der Waals surface area contributed by atoms with Gasteiger partial charge in [0.15, 0.2) is 5.96 Å². The Bertz CT molecular complexity index is 786. The zero-order valence-corrected chi connectivity index (χ0v) is 16.8. The predicted molar refractivity (Wildman–Crippen MR) is 114 cm³/mol. The number of guanidine groups is 1. The van der Waals surface area contributed by atoms with Crippen LogP contribution in [0.15, 0.2) is 53.5 Å². The van der Waals surface area contributed by atoms with Crippen LogP contribution in [-0.4, -0.2) is 55.8 Å². The lowest BCUT2D eigenvalue weighted by molar-refractivity contribution is 0.280. The molecule has 0 radical (unpaired) electrons. The summed E-state index contributed by atoms with van der Waals surface area (Å²) in [4.78, 5) is 9.49. The number of nitrogens with one attached hydrogen (secondary N) is 1. The van der Waals surface area contributed by atoms with Gasteiger partial charge < -0.3 is 25.0 Å². The van der Waals surface area contributed by atoms with Gasteiger partial charge in [-0.15, -0.1) is 0 Å². The summed E-state index contributed by atoms with van der Waals surface area (Å²) >= 11 is 0. The molecule has 6 heteroatoms. The highest BCUT2D eigenvalue weighted by molar-refractivity contribution is 5.80. The van der Waals surface area contributed by atoms with Gasteiger partial charge in [-0.25, -0.2) is 4.99 Å². The molecule has 2 N–H and O–H groups in total. The topological polar surface area (TPSA) is 60.3 Å². The lowest BCUT2D eigenvalue weighted by Crippen LogP contribution is -2.52. The van der Waals surface area contributed by atoms with Crippen LogP contribution in [0.1, 0.15) is 18.1 Å². The Kier molecular flexibility index (Phi) is 7.14. The zero-order valence-electron chi connectivity index (χ0n) is 16.8. The summed E-state index contributed by atoms with van der Waals surface area (Å²) in [5.41, 5.74) is 3.14. The molecule has 150 valence electrons. The molecular formula is C22H30N4O2. The highest BCUT2D eigenvalue weighted by Crippen LogP contribution is 2.28. The Balaban J connectivity index is 1.67. The van der Waals surface area contributed by atoms with Crippen molar-refractivity contribution in [3.8, 4) is 5.75 Å². The van der Waals surface area contributed by atoms with Gasteiger partial charge in [0.05, 0.1) is 25.9 Å². The highest BCUT2D eigenvalue weighted by Gasteiger charge is 2.21. The average Bonchev–Trinajstić information content (AvgIpc) is 2.77. The molecule has 1 aliphatic rings. The molecule has 1 fully saturated rings. The first-order chi connectivity index (χ1) is 13.8. The molecule has 0 unspecified atom stereocenters. The molecule has 6 nitrogen and oxygen atoms in total. The van der Waals surface area contributed by atoms with Gasteiger partial charge in [-0.1, -0.05) is 36.4 Å². The third-order valence-corrected chi connectivity index (χ3v) is 5.03. The summed E-state index contributed by atoms with van der Waals surface area (Å²) in [6.45, 7) is 7.13. The monoisotopic (exact) mass is 382 g/mol. The van der Waals surface area contributed by atoms with Crippen LogP contribution in [0.2, 0.25) is 0 Å². The third kappa shape index (κ3) is 4.75. The first-order valence-corrected chi connectivity index (χ1v) is 9.85. The summed E-state index contributed by atoms with van der Waals surface area (Å²) in [6.07, 6.45) is 0. The molecule has 1 heterocycles. The van der Waals surface area contributed by atoms with Crippen molar-refractivity contribution in [1.29, 1.82) is 0 Å². The van der Waals surface area contributed by atoms with E-state index in [1.165, 1.54) is 0 Å². The van der Waals surface area contributed by atoms with E-state index in [9.17, 15) is 5.11 Å². The van der Waals surface area contributed by atoms with E-state index in [0.717, 1.165) is 61.2 Å². The van der Waals surface area contributed by atoms with Crippen LogP contribution in [0.25, 0.3) is 0 Å². The van der Waals surface area contributed by atoms with Gasteiger partial charge in [-0.05, 0) is 30.2 Å². The summed E-state index contributed by atoms with van der Waals surface area (Å²) < 4.78 is 5.51. The van der Waals surface area contributed by atoms with Crippen LogP contribution in [0.4, 0.5) is 5.69 Å². The minimum absolute atomic E-state index is 0.0415. The molecule has 1 saturated heterocycles. The van der Waals surface area contributed by atoms with Crippen molar-refractivity contribution in [3.63, 3.8) is 0 Å². The number of ether oxygens (including phenoxy) is 1. The van der Waals surface area contributed by atoms with Crippen molar-refractivity contribution in [2.24, 2.45) is 4.99 Å². The normalized spacial score (nSPS) is 14.9. The van der Waals surface area contributed by atoms with Crippen molar-refractivity contribution >= 4 is 11.6 Å². The van der Waals surface area contributed by atoms with E-state index in [1.807, 2.05) is 42.5 Å². The second-order valence-electron chi connectivity index (χ2n) is 6.74. The Morgan fingerprint density at radius 2 is 1.71 bits per heavy atom. The maximum Gasteiger partial charge on any atom is 0.194 e. The number of methoxy groups -OCH3 is 1. The minimum atomic E-state index is 0.0415. The van der Waals surface area contributed by atoms with E-state index < -0.39 is 0 Å². The number of para-hydroxylation sites is 2. The van der Waals surface area contributed by atoms with Gasteiger partial charge in [0.2, 0.25) is 0 Å². The summed E-state index contributed by atoms with van der Waals surface area (Å²) in [5.74, 6) is 1.84. The molecule has 0 aromatic heterocycles. The molecule has 0 amide bonds.